The molecule has 11 heteroatoms. The van der Waals surface area contributed by atoms with E-state index in [1.807, 2.05) is 0 Å². The van der Waals surface area contributed by atoms with Crippen molar-refractivity contribution in [2.45, 2.75) is 12.4 Å². The molecule has 0 amide bonds. The van der Waals surface area contributed by atoms with E-state index in [0.717, 1.165) is 6.07 Å². The summed E-state index contributed by atoms with van der Waals surface area (Å²) in [6.07, 6.45) is 1.18. The predicted molar refractivity (Wildman–Crippen MR) is 71.3 cm³/mol. The summed E-state index contributed by atoms with van der Waals surface area (Å²) in [6.45, 7) is 1.77. The summed E-state index contributed by atoms with van der Waals surface area (Å²) in [4.78, 5) is 7.66. The Morgan fingerprint density at radius 1 is 1.36 bits per heavy atom. The van der Waals surface area contributed by atoms with Crippen LogP contribution in [0.2, 0.25) is 5.15 Å². The van der Waals surface area contributed by atoms with E-state index < -0.39 is 21.4 Å². The minimum absolute atomic E-state index is 0.0394. The van der Waals surface area contributed by atoms with Crippen LogP contribution in [-0.4, -0.2) is 30.5 Å². The lowest BCUT2D eigenvalue weighted by atomic mass is 10.2. The zero-order valence-corrected chi connectivity index (χ0v) is 12.5. The second kappa shape index (κ2) is 5.76. The van der Waals surface area contributed by atoms with E-state index in [1.54, 1.807) is 6.92 Å². The molecule has 0 aliphatic carbocycles. The van der Waals surface area contributed by atoms with Crippen LogP contribution < -0.4 is 8.92 Å². The predicted octanol–water partition coefficient (Wildman–Crippen LogP) is 2.91. The highest BCUT2D eigenvalue weighted by Crippen LogP contribution is 2.35. The monoisotopic (exact) mass is 356 g/mol. The van der Waals surface area contributed by atoms with Gasteiger partial charge in [0, 0.05) is 17.6 Å². The molecule has 0 aromatic carbocycles. The Morgan fingerprint density at radius 2 is 2.05 bits per heavy atom. The molecule has 2 aromatic heterocycles. The molecule has 0 fully saturated rings. The average molecular weight is 357 g/mol. The Labute approximate surface area is 128 Å². The van der Waals surface area contributed by atoms with Crippen molar-refractivity contribution in [3.63, 3.8) is 0 Å². The first-order chi connectivity index (χ1) is 10.2. The number of rotatable bonds is 4. The molecule has 120 valence electrons. The molecule has 0 radical (unpaired) electrons. The minimum Gasteiger partial charge on any atom is -0.478 e. The third kappa shape index (κ3) is 3.17. The molecule has 0 unspecified atom stereocenters. The molecule has 0 N–H and O–H groups in total. The van der Waals surface area contributed by atoms with Crippen molar-refractivity contribution in [1.29, 1.82) is 0 Å². The van der Waals surface area contributed by atoms with Gasteiger partial charge in [0.25, 0.3) is 0 Å². The van der Waals surface area contributed by atoms with Gasteiger partial charge in [-0.1, -0.05) is 11.6 Å². The Morgan fingerprint density at radius 3 is 2.64 bits per heavy atom. The van der Waals surface area contributed by atoms with Gasteiger partial charge < -0.3 is 8.92 Å². The third-order valence-corrected chi connectivity index (χ3v) is 3.64. The number of ether oxygens (including phenoxy) is 1. The van der Waals surface area contributed by atoms with E-state index in [0.29, 0.717) is 0 Å². The smallest absolute Gasteiger partial charge is 0.478 e. The van der Waals surface area contributed by atoms with Gasteiger partial charge in [-0.25, -0.2) is 9.97 Å². The Kier molecular flexibility index (Phi) is 4.34. The van der Waals surface area contributed by atoms with Crippen LogP contribution in [0.5, 0.6) is 11.6 Å². The maximum absolute atomic E-state index is 12.4. The quantitative estimate of drug-likeness (QED) is 0.476. The van der Waals surface area contributed by atoms with E-state index in [2.05, 4.69) is 14.2 Å². The molecule has 22 heavy (non-hydrogen) atoms. The maximum Gasteiger partial charge on any atom is 0.534 e. The molecule has 2 aromatic rings. The molecule has 0 aliphatic rings. The highest BCUT2D eigenvalue weighted by molar-refractivity contribution is 7.88. The molecule has 0 saturated heterocycles. The topological polar surface area (TPSA) is 78.4 Å². The fourth-order valence-corrected chi connectivity index (χ4v) is 2.19. The SMILES string of the molecule is CCOc1cc(OS(=O)(=O)C(F)(F)F)c2ccnc(Cl)c2n1. The maximum atomic E-state index is 12.4. The molecule has 0 saturated carbocycles. The van der Waals surface area contributed by atoms with Gasteiger partial charge in [-0.05, 0) is 13.0 Å². The van der Waals surface area contributed by atoms with Crippen molar-refractivity contribution in [2.24, 2.45) is 0 Å². The number of nitrogens with zero attached hydrogens (tertiary/aromatic N) is 2. The number of hydrogen-bond donors (Lipinski definition) is 0. The first-order valence-corrected chi connectivity index (χ1v) is 7.53. The number of aromatic nitrogens is 2. The zero-order chi connectivity index (χ0) is 16.5. The second-order valence-electron chi connectivity index (χ2n) is 3.87. The van der Waals surface area contributed by atoms with Crippen LogP contribution in [0.4, 0.5) is 13.2 Å². The molecule has 0 bridgehead atoms. The van der Waals surface area contributed by atoms with E-state index in [4.69, 9.17) is 16.3 Å². The van der Waals surface area contributed by atoms with Crippen LogP contribution in [0.3, 0.4) is 0 Å². The van der Waals surface area contributed by atoms with Crippen LogP contribution in [0.1, 0.15) is 6.92 Å². The molecule has 2 heterocycles. The summed E-state index contributed by atoms with van der Waals surface area (Å²) in [6, 6.07) is 2.16. The minimum atomic E-state index is -5.83. The summed E-state index contributed by atoms with van der Waals surface area (Å²) < 4.78 is 68.9. The Hall–Kier alpha value is -1.81. The fraction of sp³-hybridized carbons (Fsp3) is 0.273. The van der Waals surface area contributed by atoms with Crippen LogP contribution in [0.25, 0.3) is 10.9 Å². The summed E-state index contributed by atoms with van der Waals surface area (Å²) in [5, 5.41) is -0.176. The Balaban J connectivity index is 2.64. The fourth-order valence-electron chi connectivity index (χ4n) is 1.52. The van der Waals surface area contributed by atoms with Crippen molar-refractivity contribution < 1.29 is 30.5 Å². The third-order valence-electron chi connectivity index (χ3n) is 2.40. The molecule has 0 aliphatic heterocycles. The van der Waals surface area contributed by atoms with Crippen molar-refractivity contribution >= 4 is 32.6 Å². The summed E-state index contributed by atoms with van der Waals surface area (Å²) in [5.41, 5.74) is -5.60. The van der Waals surface area contributed by atoms with Crippen molar-refractivity contribution in [1.82, 2.24) is 9.97 Å². The molecular weight excluding hydrogens is 349 g/mol. The number of pyridine rings is 2. The summed E-state index contributed by atoms with van der Waals surface area (Å²) in [5.74, 6) is -0.743. The molecule has 2 rings (SSSR count). The van der Waals surface area contributed by atoms with E-state index in [9.17, 15) is 21.6 Å². The zero-order valence-electron chi connectivity index (χ0n) is 10.9. The molecule has 6 nitrogen and oxygen atoms in total. The number of alkyl halides is 3. The van der Waals surface area contributed by atoms with Crippen LogP contribution in [0, 0.1) is 0 Å². The largest absolute Gasteiger partial charge is 0.534 e. The van der Waals surface area contributed by atoms with Crippen LogP contribution in [-0.2, 0) is 10.1 Å². The lowest BCUT2D eigenvalue weighted by molar-refractivity contribution is -0.0499. The van der Waals surface area contributed by atoms with E-state index in [-0.39, 0.29) is 28.5 Å². The van der Waals surface area contributed by atoms with E-state index >= 15 is 0 Å². The van der Waals surface area contributed by atoms with Crippen molar-refractivity contribution in [2.75, 3.05) is 6.61 Å². The molecular formula is C11H8ClF3N2O4S. The first-order valence-electron chi connectivity index (χ1n) is 5.74. The number of halogens is 4. The van der Waals surface area contributed by atoms with Crippen molar-refractivity contribution in [3.05, 3.63) is 23.5 Å². The van der Waals surface area contributed by atoms with Gasteiger partial charge in [0.2, 0.25) is 5.88 Å². The average Bonchev–Trinajstić information content (AvgIpc) is 2.39. The molecule has 0 spiro atoms. The lowest BCUT2D eigenvalue weighted by Crippen LogP contribution is -2.28. The van der Waals surface area contributed by atoms with Gasteiger partial charge in [0.1, 0.15) is 5.52 Å². The van der Waals surface area contributed by atoms with Gasteiger partial charge >= 0.3 is 15.6 Å². The Bertz CT molecular complexity index is 811. The highest BCUT2D eigenvalue weighted by atomic mass is 35.5. The number of hydrogen-bond acceptors (Lipinski definition) is 6. The summed E-state index contributed by atoms with van der Waals surface area (Å²) in [7, 11) is -5.83. The van der Waals surface area contributed by atoms with Crippen LogP contribution >= 0.6 is 11.6 Å². The van der Waals surface area contributed by atoms with Gasteiger partial charge in [-0.2, -0.15) is 21.6 Å². The highest BCUT2D eigenvalue weighted by Gasteiger charge is 2.48. The molecule has 0 atom stereocenters. The normalized spacial score (nSPS) is 12.4. The van der Waals surface area contributed by atoms with Gasteiger partial charge in [0.05, 0.1) is 6.61 Å². The van der Waals surface area contributed by atoms with Gasteiger partial charge in [0.15, 0.2) is 10.9 Å². The van der Waals surface area contributed by atoms with Gasteiger partial charge in [-0.3, -0.25) is 0 Å². The van der Waals surface area contributed by atoms with Crippen LogP contribution in [0.15, 0.2) is 18.3 Å². The van der Waals surface area contributed by atoms with E-state index in [1.165, 1.54) is 12.3 Å². The second-order valence-corrected chi connectivity index (χ2v) is 5.77. The van der Waals surface area contributed by atoms with Crippen molar-refractivity contribution in [3.8, 4) is 11.6 Å². The number of fused-ring (bicyclic) bond motifs is 1. The first kappa shape index (κ1) is 16.6. The standard InChI is InChI=1S/C11H8ClF3N2O4S/c1-2-20-8-5-7(21-22(18,19)11(13,14)15)6-3-4-16-10(12)9(6)17-8/h3-5H,2H2,1H3. The van der Waals surface area contributed by atoms with Gasteiger partial charge in [-0.15, -0.1) is 0 Å². The summed E-state index contributed by atoms with van der Waals surface area (Å²) >= 11 is 5.81. The lowest BCUT2D eigenvalue weighted by Gasteiger charge is -2.13.